The highest BCUT2D eigenvalue weighted by atomic mass is 32.1. The summed E-state index contributed by atoms with van der Waals surface area (Å²) in [6, 6.07) is 9.74. The van der Waals surface area contributed by atoms with Gasteiger partial charge >= 0.3 is 0 Å². The highest BCUT2D eigenvalue weighted by Gasteiger charge is 2.12. The molecular formula is C19H14FN5O2S. The second-order valence-electron chi connectivity index (χ2n) is 5.70. The van der Waals surface area contributed by atoms with Crippen LogP contribution in [-0.4, -0.2) is 32.8 Å². The van der Waals surface area contributed by atoms with Gasteiger partial charge in [0.25, 0.3) is 5.91 Å². The Morgan fingerprint density at radius 1 is 1.29 bits per heavy atom. The van der Waals surface area contributed by atoms with E-state index in [1.165, 1.54) is 36.8 Å². The molecule has 9 heteroatoms. The summed E-state index contributed by atoms with van der Waals surface area (Å²) in [6.07, 6.45) is 4.89. The van der Waals surface area contributed by atoms with Gasteiger partial charge in [-0.05, 0) is 36.4 Å². The number of ether oxygens (including phenoxy) is 1. The summed E-state index contributed by atoms with van der Waals surface area (Å²) in [5.41, 5.74) is 1.55. The van der Waals surface area contributed by atoms with Crippen LogP contribution in [0, 0.1) is 5.82 Å². The molecule has 3 aromatic heterocycles. The molecule has 0 aliphatic heterocycles. The standard InChI is InChI=1S/C19H14FN5O2S/c1-27-16-5-3-12(9-14(16)20)15-11-28-19(23-15)24-18(26)13-4-6-17(21-10-13)25-8-2-7-22-25/h2-11H,1H3,(H,23,24,26). The lowest BCUT2D eigenvalue weighted by atomic mass is 10.1. The molecule has 0 unspecified atom stereocenters. The Bertz CT molecular complexity index is 1110. The van der Waals surface area contributed by atoms with Crippen molar-refractivity contribution in [2.24, 2.45) is 0 Å². The van der Waals surface area contributed by atoms with E-state index < -0.39 is 5.82 Å². The molecule has 1 aromatic carbocycles. The van der Waals surface area contributed by atoms with E-state index in [1.54, 1.807) is 46.7 Å². The number of amides is 1. The van der Waals surface area contributed by atoms with E-state index in [0.29, 0.717) is 27.8 Å². The normalized spacial score (nSPS) is 10.6. The fraction of sp³-hybridized carbons (Fsp3) is 0.0526. The van der Waals surface area contributed by atoms with Crippen LogP contribution in [0.1, 0.15) is 10.4 Å². The predicted molar refractivity (Wildman–Crippen MR) is 103 cm³/mol. The van der Waals surface area contributed by atoms with E-state index in [0.717, 1.165) is 0 Å². The number of hydrogen-bond donors (Lipinski definition) is 1. The first-order valence-electron chi connectivity index (χ1n) is 8.21. The summed E-state index contributed by atoms with van der Waals surface area (Å²) in [5.74, 6) is -0.0264. The molecular weight excluding hydrogens is 381 g/mol. The molecule has 0 saturated heterocycles. The zero-order chi connectivity index (χ0) is 19.5. The van der Waals surface area contributed by atoms with Gasteiger partial charge in [0, 0.05) is 29.5 Å². The maximum absolute atomic E-state index is 13.9. The molecule has 0 radical (unpaired) electrons. The summed E-state index contributed by atoms with van der Waals surface area (Å²) < 4.78 is 20.4. The molecule has 0 aliphatic rings. The van der Waals surface area contributed by atoms with Crippen LogP contribution in [0.15, 0.2) is 60.4 Å². The Balaban J connectivity index is 1.47. The monoisotopic (exact) mass is 395 g/mol. The third kappa shape index (κ3) is 3.60. The van der Waals surface area contributed by atoms with E-state index in [1.807, 2.05) is 0 Å². The van der Waals surface area contributed by atoms with Crippen LogP contribution in [0.4, 0.5) is 9.52 Å². The Morgan fingerprint density at radius 3 is 2.86 bits per heavy atom. The van der Waals surface area contributed by atoms with Gasteiger partial charge in [-0.3, -0.25) is 10.1 Å². The number of hydrogen-bond acceptors (Lipinski definition) is 6. The van der Waals surface area contributed by atoms with Gasteiger partial charge in [-0.1, -0.05) is 0 Å². The number of nitrogens with one attached hydrogen (secondary N) is 1. The first-order valence-corrected chi connectivity index (χ1v) is 9.09. The SMILES string of the molecule is COc1ccc(-c2csc(NC(=O)c3ccc(-n4cccn4)nc3)n2)cc1F. The number of nitrogens with zero attached hydrogens (tertiary/aromatic N) is 4. The summed E-state index contributed by atoms with van der Waals surface area (Å²) >= 11 is 1.25. The molecule has 3 heterocycles. The summed E-state index contributed by atoms with van der Waals surface area (Å²) in [6.45, 7) is 0. The Kier molecular flexibility index (Phi) is 4.81. The van der Waals surface area contributed by atoms with Crippen molar-refractivity contribution in [2.75, 3.05) is 12.4 Å². The van der Waals surface area contributed by atoms with Gasteiger partial charge in [0.2, 0.25) is 0 Å². The number of thiazole rings is 1. The highest BCUT2D eigenvalue weighted by molar-refractivity contribution is 7.14. The van der Waals surface area contributed by atoms with Crippen LogP contribution < -0.4 is 10.1 Å². The molecule has 7 nitrogen and oxygen atoms in total. The molecule has 28 heavy (non-hydrogen) atoms. The smallest absolute Gasteiger partial charge is 0.259 e. The molecule has 4 rings (SSSR count). The molecule has 1 N–H and O–H groups in total. The van der Waals surface area contributed by atoms with E-state index >= 15 is 0 Å². The molecule has 0 fully saturated rings. The van der Waals surface area contributed by atoms with Gasteiger partial charge in [0.15, 0.2) is 22.5 Å². The van der Waals surface area contributed by atoms with Crippen LogP contribution >= 0.6 is 11.3 Å². The second kappa shape index (κ2) is 7.57. The minimum Gasteiger partial charge on any atom is -0.494 e. The molecule has 0 aliphatic carbocycles. The second-order valence-corrected chi connectivity index (χ2v) is 6.56. The number of aromatic nitrogens is 4. The van der Waals surface area contributed by atoms with Crippen LogP contribution in [0.25, 0.3) is 17.1 Å². The summed E-state index contributed by atoms with van der Waals surface area (Å²) in [4.78, 5) is 21.0. The largest absolute Gasteiger partial charge is 0.494 e. The van der Waals surface area contributed by atoms with Gasteiger partial charge in [-0.15, -0.1) is 11.3 Å². The minimum atomic E-state index is -0.470. The van der Waals surface area contributed by atoms with E-state index in [2.05, 4.69) is 20.4 Å². The molecule has 4 aromatic rings. The van der Waals surface area contributed by atoms with E-state index in [4.69, 9.17) is 4.74 Å². The maximum atomic E-state index is 13.9. The number of pyridine rings is 1. The first-order chi connectivity index (χ1) is 13.6. The van der Waals surface area contributed by atoms with Crippen LogP contribution in [0.2, 0.25) is 0 Å². The van der Waals surface area contributed by atoms with Crippen molar-refractivity contribution in [1.29, 1.82) is 0 Å². The number of carbonyl (C=O) groups excluding carboxylic acids is 1. The lowest BCUT2D eigenvalue weighted by Gasteiger charge is -2.04. The number of rotatable bonds is 5. The molecule has 0 spiro atoms. The van der Waals surface area contributed by atoms with Crippen LogP contribution in [0.5, 0.6) is 5.75 Å². The third-order valence-electron chi connectivity index (χ3n) is 3.92. The fourth-order valence-corrected chi connectivity index (χ4v) is 3.23. The highest BCUT2D eigenvalue weighted by Crippen LogP contribution is 2.28. The third-order valence-corrected chi connectivity index (χ3v) is 4.68. The van der Waals surface area contributed by atoms with Gasteiger partial charge in [-0.25, -0.2) is 19.0 Å². The van der Waals surface area contributed by atoms with Gasteiger partial charge in [0.05, 0.1) is 18.4 Å². The first kappa shape index (κ1) is 17.8. The maximum Gasteiger partial charge on any atom is 0.259 e. The lowest BCUT2D eigenvalue weighted by Crippen LogP contribution is -2.12. The average molecular weight is 395 g/mol. The molecule has 0 atom stereocenters. The van der Waals surface area contributed by atoms with Crippen molar-refractivity contribution in [1.82, 2.24) is 19.7 Å². The zero-order valence-corrected chi connectivity index (χ0v) is 15.5. The van der Waals surface area contributed by atoms with E-state index in [-0.39, 0.29) is 11.7 Å². The van der Waals surface area contributed by atoms with Crippen molar-refractivity contribution < 1.29 is 13.9 Å². The molecule has 1 amide bonds. The lowest BCUT2D eigenvalue weighted by molar-refractivity contribution is 0.102. The van der Waals surface area contributed by atoms with Gasteiger partial charge < -0.3 is 4.74 Å². The van der Waals surface area contributed by atoms with E-state index in [9.17, 15) is 9.18 Å². The van der Waals surface area contributed by atoms with Crippen LogP contribution in [0.3, 0.4) is 0 Å². The number of halogens is 1. The van der Waals surface area contributed by atoms with Crippen molar-refractivity contribution in [3.05, 3.63) is 71.7 Å². The number of carbonyl (C=O) groups is 1. The number of anilines is 1. The zero-order valence-electron chi connectivity index (χ0n) is 14.7. The van der Waals surface area contributed by atoms with Crippen molar-refractivity contribution in [3.8, 4) is 22.8 Å². The van der Waals surface area contributed by atoms with Crippen molar-refractivity contribution in [2.45, 2.75) is 0 Å². The molecule has 140 valence electrons. The molecule has 0 saturated carbocycles. The average Bonchev–Trinajstić information content (AvgIpc) is 3.40. The predicted octanol–water partition coefficient (Wildman–Crippen LogP) is 3.79. The number of benzene rings is 1. The van der Waals surface area contributed by atoms with Crippen LogP contribution in [-0.2, 0) is 0 Å². The van der Waals surface area contributed by atoms with Crippen molar-refractivity contribution >= 4 is 22.4 Å². The summed E-state index contributed by atoms with van der Waals surface area (Å²) in [7, 11) is 1.41. The van der Waals surface area contributed by atoms with Gasteiger partial charge in [-0.2, -0.15) is 5.10 Å². The Morgan fingerprint density at radius 2 is 2.18 bits per heavy atom. The quantitative estimate of drug-likeness (QED) is 0.556. The Labute approximate surface area is 163 Å². The summed E-state index contributed by atoms with van der Waals surface area (Å²) in [5, 5.41) is 8.97. The number of methoxy groups -OCH3 is 1. The fourth-order valence-electron chi connectivity index (χ4n) is 2.52. The topological polar surface area (TPSA) is 81.9 Å². The Hall–Kier alpha value is -3.59. The van der Waals surface area contributed by atoms with Crippen molar-refractivity contribution in [3.63, 3.8) is 0 Å². The minimum absolute atomic E-state index is 0.165. The molecule has 0 bridgehead atoms. The van der Waals surface area contributed by atoms with Gasteiger partial charge in [0.1, 0.15) is 0 Å².